The Bertz CT molecular complexity index is 981. The third-order valence-corrected chi connectivity index (χ3v) is 4.52. The number of para-hydroxylation sites is 3. The van der Waals surface area contributed by atoms with Crippen molar-refractivity contribution < 1.29 is 23.2 Å². The third-order valence-electron chi connectivity index (χ3n) is 3.36. The molecule has 0 saturated carbocycles. The Labute approximate surface area is 148 Å². The SMILES string of the molecule is O=[N+]([O-])c1ccccc1SC(=C(O)C(F)(F)F)c1nc2ccccc2[nH]1. The first-order valence-corrected chi connectivity index (χ1v) is 7.96. The molecule has 0 aliphatic heterocycles. The highest BCUT2D eigenvalue weighted by molar-refractivity contribution is 8.08. The average Bonchev–Trinajstić information content (AvgIpc) is 3.02. The van der Waals surface area contributed by atoms with Crippen molar-refractivity contribution in [2.75, 3.05) is 0 Å². The van der Waals surface area contributed by atoms with Crippen LogP contribution in [0.3, 0.4) is 0 Å². The summed E-state index contributed by atoms with van der Waals surface area (Å²) in [5.41, 5.74) is 0.498. The predicted molar refractivity (Wildman–Crippen MR) is 90.7 cm³/mol. The highest BCUT2D eigenvalue weighted by Crippen LogP contribution is 2.43. The number of aromatic nitrogens is 2. The van der Waals surface area contributed by atoms with E-state index in [4.69, 9.17) is 0 Å². The molecule has 10 heteroatoms. The molecule has 0 bridgehead atoms. The highest BCUT2D eigenvalue weighted by Gasteiger charge is 2.38. The average molecular weight is 381 g/mol. The number of allylic oxidation sites excluding steroid dienone is 1. The molecule has 0 spiro atoms. The van der Waals surface area contributed by atoms with E-state index in [1.807, 2.05) is 0 Å². The van der Waals surface area contributed by atoms with Crippen LogP contribution in [0.2, 0.25) is 0 Å². The van der Waals surface area contributed by atoms with Gasteiger partial charge in [-0.2, -0.15) is 13.2 Å². The molecule has 26 heavy (non-hydrogen) atoms. The summed E-state index contributed by atoms with van der Waals surface area (Å²) in [4.78, 5) is 16.5. The summed E-state index contributed by atoms with van der Waals surface area (Å²) in [5, 5.41) is 20.8. The molecule has 0 atom stereocenters. The molecule has 0 amide bonds. The molecular weight excluding hydrogens is 371 g/mol. The van der Waals surface area contributed by atoms with Gasteiger partial charge in [0.15, 0.2) is 0 Å². The lowest BCUT2D eigenvalue weighted by atomic mass is 10.3. The molecule has 3 rings (SSSR count). The van der Waals surface area contributed by atoms with Crippen LogP contribution >= 0.6 is 11.8 Å². The number of halogens is 3. The first kappa shape index (κ1) is 17.8. The van der Waals surface area contributed by atoms with Gasteiger partial charge in [0, 0.05) is 6.07 Å². The quantitative estimate of drug-likeness (QED) is 0.285. The van der Waals surface area contributed by atoms with E-state index in [1.165, 1.54) is 24.3 Å². The monoisotopic (exact) mass is 381 g/mol. The van der Waals surface area contributed by atoms with E-state index in [9.17, 15) is 28.4 Å². The van der Waals surface area contributed by atoms with Crippen molar-refractivity contribution in [3.05, 3.63) is 70.2 Å². The van der Waals surface area contributed by atoms with Gasteiger partial charge in [0.05, 0.1) is 20.9 Å². The maximum absolute atomic E-state index is 13.1. The van der Waals surface area contributed by atoms with Gasteiger partial charge >= 0.3 is 6.18 Å². The highest BCUT2D eigenvalue weighted by atomic mass is 32.2. The van der Waals surface area contributed by atoms with Crippen molar-refractivity contribution in [2.24, 2.45) is 0 Å². The fourth-order valence-electron chi connectivity index (χ4n) is 2.20. The zero-order chi connectivity index (χ0) is 18.9. The van der Waals surface area contributed by atoms with Gasteiger partial charge < -0.3 is 10.1 Å². The van der Waals surface area contributed by atoms with E-state index >= 15 is 0 Å². The van der Waals surface area contributed by atoms with Crippen LogP contribution in [0.5, 0.6) is 0 Å². The molecule has 0 aliphatic carbocycles. The first-order chi connectivity index (χ1) is 12.3. The summed E-state index contributed by atoms with van der Waals surface area (Å²) >= 11 is 0.421. The minimum Gasteiger partial charge on any atom is -0.503 e. The van der Waals surface area contributed by atoms with Gasteiger partial charge in [-0.3, -0.25) is 10.1 Å². The molecule has 6 nitrogen and oxygen atoms in total. The number of benzene rings is 2. The topological polar surface area (TPSA) is 92.1 Å². The van der Waals surface area contributed by atoms with Crippen LogP contribution in [0.1, 0.15) is 5.82 Å². The number of thioether (sulfide) groups is 1. The zero-order valence-electron chi connectivity index (χ0n) is 12.8. The van der Waals surface area contributed by atoms with Crippen molar-refractivity contribution in [3.8, 4) is 0 Å². The molecule has 134 valence electrons. The number of aromatic amines is 1. The number of rotatable bonds is 4. The number of aliphatic hydroxyl groups excluding tert-OH is 1. The molecule has 1 aromatic heterocycles. The Kier molecular flexibility index (Phi) is 4.60. The van der Waals surface area contributed by atoms with Crippen LogP contribution in [0.4, 0.5) is 18.9 Å². The van der Waals surface area contributed by atoms with Crippen LogP contribution in [0, 0.1) is 10.1 Å². The summed E-state index contributed by atoms with van der Waals surface area (Å²) in [5.74, 6) is -2.11. The van der Waals surface area contributed by atoms with Crippen molar-refractivity contribution in [1.29, 1.82) is 0 Å². The van der Waals surface area contributed by atoms with Gasteiger partial charge in [0.2, 0.25) is 5.76 Å². The van der Waals surface area contributed by atoms with E-state index < -0.39 is 21.8 Å². The van der Waals surface area contributed by atoms with Gasteiger partial charge in [-0.25, -0.2) is 4.98 Å². The van der Waals surface area contributed by atoms with E-state index in [0.29, 0.717) is 22.8 Å². The van der Waals surface area contributed by atoms with Gasteiger partial charge in [0.25, 0.3) is 5.69 Å². The van der Waals surface area contributed by atoms with Crippen LogP contribution < -0.4 is 0 Å². The number of hydrogen-bond donors (Lipinski definition) is 2. The van der Waals surface area contributed by atoms with E-state index in [0.717, 1.165) is 0 Å². The lowest BCUT2D eigenvalue weighted by molar-refractivity contribution is -0.387. The fraction of sp³-hybridized carbons (Fsp3) is 0.0625. The summed E-state index contributed by atoms with van der Waals surface area (Å²) in [6, 6.07) is 11.9. The number of H-pyrrole nitrogens is 1. The third kappa shape index (κ3) is 3.49. The molecule has 0 saturated heterocycles. The number of alkyl halides is 3. The van der Waals surface area contributed by atoms with E-state index in [1.54, 1.807) is 24.3 Å². The van der Waals surface area contributed by atoms with Gasteiger partial charge in [-0.15, -0.1) is 0 Å². The zero-order valence-corrected chi connectivity index (χ0v) is 13.6. The van der Waals surface area contributed by atoms with E-state index in [2.05, 4.69) is 9.97 Å². The molecule has 3 aromatic rings. The number of aliphatic hydroxyl groups is 1. The smallest absolute Gasteiger partial charge is 0.450 e. The minimum atomic E-state index is -5.04. The second-order valence-electron chi connectivity index (χ2n) is 5.10. The lowest BCUT2D eigenvalue weighted by Crippen LogP contribution is -2.13. The largest absolute Gasteiger partial charge is 0.503 e. The normalized spacial score (nSPS) is 12.9. The standard InChI is InChI=1S/C16H10F3N3O3S/c17-16(18,19)14(23)13(15-20-9-5-1-2-6-10(9)21-15)26-12-8-4-3-7-11(12)22(24)25/h1-8,23H,(H,20,21). The van der Waals surface area contributed by atoms with Crippen LogP contribution in [-0.4, -0.2) is 26.2 Å². The number of nitrogens with one attached hydrogen (secondary N) is 1. The van der Waals surface area contributed by atoms with Crippen molar-refractivity contribution in [2.45, 2.75) is 11.1 Å². The Morgan fingerprint density at radius 3 is 2.46 bits per heavy atom. The van der Waals surface area contributed by atoms with Crippen LogP contribution in [0.15, 0.2) is 59.2 Å². The summed E-state index contributed by atoms with van der Waals surface area (Å²) in [6.07, 6.45) is -5.04. The molecule has 0 unspecified atom stereocenters. The lowest BCUT2D eigenvalue weighted by Gasteiger charge is -2.11. The fourth-order valence-corrected chi connectivity index (χ4v) is 3.22. The second kappa shape index (κ2) is 6.71. The molecule has 2 N–H and O–H groups in total. The summed E-state index contributed by atoms with van der Waals surface area (Å²) in [7, 11) is 0. The molecule has 0 fully saturated rings. The Morgan fingerprint density at radius 2 is 1.81 bits per heavy atom. The number of fused-ring (bicyclic) bond motifs is 1. The summed E-state index contributed by atoms with van der Waals surface area (Å²) in [6.45, 7) is 0. The second-order valence-corrected chi connectivity index (χ2v) is 6.16. The van der Waals surface area contributed by atoms with Crippen LogP contribution in [-0.2, 0) is 0 Å². The summed E-state index contributed by atoms with van der Waals surface area (Å²) < 4.78 is 39.3. The van der Waals surface area contributed by atoms with Crippen molar-refractivity contribution >= 4 is 33.4 Å². The number of nitro groups is 1. The Balaban J connectivity index is 2.16. The number of nitro benzene ring substituents is 1. The number of hydrogen-bond acceptors (Lipinski definition) is 5. The minimum absolute atomic E-state index is 0.0521. The van der Waals surface area contributed by atoms with Gasteiger partial charge in [0.1, 0.15) is 10.7 Å². The Hall–Kier alpha value is -3.01. The predicted octanol–water partition coefficient (Wildman–Crippen LogP) is 5.05. The van der Waals surface area contributed by atoms with E-state index in [-0.39, 0.29) is 16.4 Å². The van der Waals surface area contributed by atoms with Gasteiger partial charge in [-0.05, 0) is 18.2 Å². The molecule has 0 aliphatic rings. The Morgan fingerprint density at radius 1 is 1.15 bits per heavy atom. The molecule has 0 radical (unpaired) electrons. The maximum Gasteiger partial charge on any atom is 0.450 e. The number of nitrogens with zero attached hydrogens (tertiary/aromatic N) is 2. The molecule has 1 heterocycles. The van der Waals surface area contributed by atoms with Gasteiger partial charge in [-0.1, -0.05) is 36.0 Å². The maximum atomic E-state index is 13.1. The molecular formula is C16H10F3N3O3S. The van der Waals surface area contributed by atoms with Crippen molar-refractivity contribution in [3.63, 3.8) is 0 Å². The first-order valence-electron chi connectivity index (χ1n) is 7.14. The van der Waals surface area contributed by atoms with Crippen LogP contribution in [0.25, 0.3) is 15.9 Å². The molecule has 2 aromatic carbocycles. The van der Waals surface area contributed by atoms with Crippen molar-refractivity contribution in [1.82, 2.24) is 9.97 Å². The number of imidazole rings is 1.